The number of methoxy groups -OCH3 is 1. The van der Waals surface area contributed by atoms with Gasteiger partial charge in [0, 0.05) is 7.11 Å². The summed E-state index contributed by atoms with van der Waals surface area (Å²) in [4.78, 5) is 0. The summed E-state index contributed by atoms with van der Waals surface area (Å²) in [5.41, 5.74) is 0. The summed E-state index contributed by atoms with van der Waals surface area (Å²) in [7, 11) is 1.60. The first-order valence-corrected chi connectivity index (χ1v) is 2.97. The molecule has 0 aromatic rings. The van der Waals surface area contributed by atoms with Crippen molar-refractivity contribution in [2.24, 2.45) is 0 Å². The van der Waals surface area contributed by atoms with Gasteiger partial charge in [0.2, 0.25) is 4.38 Å². The van der Waals surface area contributed by atoms with Crippen molar-refractivity contribution in [1.82, 2.24) is 0 Å². The molecule has 0 amide bonds. The molecule has 9 heavy (non-hydrogen) atoms. The number of hydrogen-bond acceptors (Lipinski definition) is 3. The first-order chi connectivity index (χ1) is 3.77. The zero-order valence-electron chi connectivity index (χ0n) is 6.59. The Labute approximate surface area is 89.5 Å². The summed E-state index contributed by atoms with van der Waals surface area (Å²) in [6.45, 7) is 1.04. The number of thiocarbonyl (C=S) groups is 1. The molecule has 0 heterocycles. The Kier molecular flexibility index (Phi) is 13.1. The quantitative estimate of drug-likeness (QED) is 0.232. The average Bonchev–Trinajstić information content (AvgIpc) is 1.66. The van der Waals surface area contributed by atoms with Crippen molar-refractivity contribution < 1.29 is 40.5 Å². The van der Waals surface area contributed by atoms with E-state index in [9.17, 15) is 0 Å². The number of hydrogen-bond donors (Lipinski definition) is 1. The molecule has 2 nitrogen and oxygen atoms in total. The Morgan fingerprint density at radius 3 is 2.56 bits per heavy atom. The Hall–Kier alpha value is 1.20. The van der Waals surface area contributed by atoms with Crippen LogP contribution in [0.4, 0.5) is 0 Å². The van der Waals surface area contributed by atoms with Crippen LogP contribution in [0.15, 0.2) is 0 Å². The van der Waals surface area contributed by atoms with Gasteiger partial charge in [-0.1, -0.05) is 12.6 Å². The normalized spacial score (nSPS) is 7.78. The fourth-order valence-corrected chi connectivity index (χ4v) is 0.387. The fourth-order valence-electron chi connectivity index (χ4n) is 0.212. The van der Waals surface area contributed by atoms with Crippen molar-refractivity contribution in [3.05, 3.63) is 0 Å². The molecule has 0 saturated heterocycles. The van der Waals surface area contributed by atoms with E-state index in [1.165, 1.54) is 0 Å². The maximum Gasteiger partial charge on any atom is 1.00 e. The second-order valence-corrected chi connectivity index (χ2v) is 2.19. The first-order valence-electron chi connectivity index (χ1n) is 2.12. The number of thiol groups is 1. The third-order valence-electron chi connectivity index (χ3n) is 0.513. The monoisotopic (exact) mass is 176 g/mol. The Morgan fingerprint density at radius 1 is 1.67 bits per heavy atom. The van der Waals surface area contributed by atoms with Gasteiger partial charge in [0.15, 0.2) is 0 Å². The molecule has 0 aromatic carbocycles. The van der Waals surface area contributed by atoms with Gasteiger partial charge in [0.05, 0.1) is 6.61 Å². The first kappa shape index (κ1) is 12.8. The molecule has 0 spiro atoms. The minimum Gasteiger partial charge on any atom is -1.00 e. The molecule has 0 saturated carbocycles. The van der Waals surface area contributed by atoms with Crippen molar-refractivity contribution in [2.45, 2.75) is 0 Å². The van der Waals surface area contributed by atoms with Crippen LogP contribution < -0.4 is 29.6 Å². The molecule has 0 atom stereocenters. The van der Waals surface area contributed by atoms with Crippen molar-refractivity contribution in [2.75, 3.05) is 20.3 Å². The minimum absolute atomic E-state index is 0. The summed E-state index contributed by atoms with van der Waals surface area (Å²) < 4.78 is 9.69. The Bertz CT molecular complexity index is 83.7. The molecule has 0 aliphatic carbocycles. The van der Waals surface area contributed by atoms with Crippen molar-refractivity contribution in [1.29, 1.82) is 0 Å². The zero-order valence-corrected chi connectivity index (χ0v) is 9.30. The maximum atomic E-state index is 4.75. The second-order valence-electron chi connectivity index (χ2n) is 1.11. The Balaban J connectivity index is -0.000000245. The maximum absolute atomic E-state index is 4.75. The summed E-state index contributed by atoms with van der Waals surface area (Å²) in [5, 5.41) is 0. The molecule has 0 aromatic heterocycles. The van der Waals surface area contributed by atoms with Crippen LogP contribution in [0.5, 0.6) is 0 Å². The predicted molar refractivity (Wildman–Crippen MR) is 40.5 cm³/mol. The third-order valence-corrected chi connectivity index (χ3v) is 0.760. The van der Waals surface area contributed by atoms with E-state index in [2.05, 4.69) is 29.6 Å². The van der Waals surface area contributed by atoms with Crippen LogP contribution in [-0.2, 0) is 9.47 Å². The number of rotatable bonds is 3. The van der Waals surface area contributed by atoms with E-state index in [-0.39, 0.29) is 35.4 Å². The summed E-state index contributed by atoms with van der Waals surface area (Å²) >= 11 is 8.22. The fraction of sp³-hybridized carbons (Fsp3) is 0.750. The van der Waals surface area contributed by atoms with E-state index in [1.54, 1.807) is 7.11 Å². The molecular weight excluding hydrogens is 167 g/mol. The summed E-state index contributed by atoms with van der Waals surface area (Å²) in [6, 6.07) is 0. The largest absolute Gasteiger partial charge is 1.00 e. The standard InChI is InChI=1S/C4H8O2S2.Na.H/c1-5-2-3-6-4(7)8;;/h2-3H2,1H3,(H,7,8);;/q;+1;-1. The van der Waals surface area contributed by atoms with E-state index in [4.69, 9.17) is 4.74 Å². The molecule has 0 aliphatic rings. The van der Waals surface area contributed by atoms with E-state index >= 15 is 0 Å². The minimum atomic E-state index is 0. The molecular formula is C4H9NaO2S2. The van der Waals surface area contributed by atoms with E-state index < -0.39 is 0 Å². The average molecular weight is 176 g/mol. The number of ether oxygens (including phenoxy) is 2. The smallest absolute Gasteiger partial charge is 1.00 e. The van der Waals surface area contributed by atoms with Gasteiger partial charge < -0.3 is 10.9 Å². The van der Waals surface area contributed by atoms with Crippen LogP contribution in [0.2, 0.25) is 0 Å². The van der Waals surface area contributed by atoms with E-state index in [0.717, 1.165) is 0 Å². The second kappa shape index (κ2) is 9.20. The van der Waals surface area contributed by atoms with E-state index in [0.29, 0.717) is 13.2 Å². The topological polar surface area (TPSA) is 18.5 Å². The van der Waals surface area contributed by atoms with Gasteiger partial charge in [-0.15, -0.1) is 0 Å². The van der Waals surface area contributed by atoms with Gasteiger partial charge >= 0.3 is 29.6 Å². The molecule has 50 valence electrons. The van der Waals surface area contributed by atoms with Gasteiger partial charge in [-0.3, -0.25) is 0 Å². The van der Waals surface area contributed by atoms with Crippen LogP contribution in [0.1, 0.15) is 1.43 Å². The van der Waals surface area contributed by atoms with Gasteiger partial charge in [-0.2, -0.15) is 0 Å². The summed E-state index contributed by atoms with van der Waals surface area (Å²) in [6.07, 6.45) is 0. The van der Waals surface area contributed by atoms with Crippen LogP contribution >= 0.6 is 24.8 Å². The third kappa shape index (κ3) is 12.4. The predicted octanol–water partition coefficient (Wildman–Crippen LogP) is -2.02. The molecule has 0 radical (unpaired) electrons. The zero-order chi connectivity index (χ0) is 6.41. The van der Waals surface area contributed by atoms with Gasteiger partial charge in [0.1, 0.15) is 6.61 Å². The van der Waals surface area contributed by atoms with Gasteiger partial charge in [-0.05, 0) is 12.2 Å². The molecule has 0 bridgehead atoms. The molecule has 0 aliphatic heterocycles. The molecule has 0 N–H and O–H groups in total. The SMILES string of the molecule is COCCOC(=S)S.[H-].[Na+]. The van der Waals surface area contributed by atoms with Crippen LogP contribution in [0, 0.1) is 0 Å². The van der Waals surface area contributed by atoms with Crippen LogP contribution in [0.3, 0.4) is 0 Å². The molecule has 0 fully saturated rings. The Morgan fingerprint density at radius 2 is 2.22 bits per heavy atom. The van der Waals surface area contributed by atoms with Gasteiger partial charge in [0.25, 0.3) is 0 Å². The van der Waals surface area contributed by atoms with Crippen molar-refractivity contribution in [3.8, 4) is 0 Å². The summed E-state index contributed by atoms with van der Waals surface area (Å²) in [5.74, 6) is 0. The van der Waals surface area contributed by atoms with Gasteiger partial charge in [-0.25, -0.2) is 0 Å². The van der Waals surface area contributed by atoms with Crippen molar-refractivity contribution in [3.63, 3.8) is 0 Å². The molecule has 0 rings (SSSR count). The molecule has 0 unspecified atom stereocenters. The van der Waals surface area contributed by atoms with Crippen LogP contribution in [0.25, 0.3) is 0 Å². The van der Waals surface area contributed by atoms with E-state index in [1.807, 2.05) is 0 Å². The van der Waals surface area contributed by atoms with Crippen molar-refractivity contribution >= 4 is 29.2 Å². The van der Waals surface area contributed by atoms with Crippen LogP contribution in [-0.4, -0.2) is 24.7 Å². The molecule has 5 heteroatoms.